The predicted octanol–water partition coefficient (Wildman–Crippen LogP) is 4.02. The van der Waals surface area contributed by atoms with Crippen LogP contribution in [0.1, 0.15) is 30.3 Å². The van der Waals surface area contributed by atoms with Gasteiger partial charge in [0.05, 0.1) is 6.04 Å². The molecule has 2 aromatic carbocycles. The van der Waals surface area contributed by atoms with E-state index in [0.29, 0.717) is 24.6 Å². The number of hydrogen-bond acceptors (Lipinski definition) is 5. The molecule has 0 radical (unpaired) electrons. The third-order valence-corrected chi connectivity index (χ3v) is 5.47. The fourth-order valence-electron chi connectivity index (χ4n) is 3.03. The Balaban J connectivity index is 1.35. The fraction of sp³-hybridized carbons (Fsp3) is 0.250. The zero-order chi connectivity index (χ0) is 17.8. The third kappa shape index (κ3) is 3.80. The van der Waals surface area contributed by atoms with Crippen LogP contribution in [0.25, 0.3) is 11.5 Å². The van der Waals surface area contributed by atoms with Gasteiger partial charge in [0.2, 0.25) is 17.7 Å². The summed E-state index contributed by atoms with van der Waals surface area (Å²) in [6, 6.07) is 18.0. The van der Waals surface area contributed by atoms with Gasteiger partial charge in [-0.2, -0.15) is 0 Å². The van der Waals surface area contributed by atoms with Crippen molar-refractivity contribution in [2.45, 2.75) is 30.2 Å². The van der Waals surface area contributed by atoms with Crippen LogP contribution >= 0.6 is 11.8 Å². The van der Waals surface area contributed by atoms with E-state index in [4.69, 9.17) is 4.42 Å². The first-order valence-corrected chi connectivity index (χ1v) is 9.67. The minimum Gasteiger partial charge on any atom is -0.421 e. The number of aryl methyl sites for hydroxylation is 1. The number of amides is 1. The molecule has 1 N–H and O–H groups in total. The topological polar surface area (TPSA) is 68.0 Å². The molecule has 1 aliphatic heterocycles. The maximum atomic E-state index is 12.4. The maximum Gasteiger partial charge on any atom is 0.247 e. The Kier molecular flexibility index (Phi) is 5.02. The van der Waals surface area contributed by atoms with E-state index in [-0.39, 0.29) is 11.9 Å². The highest BCUT2D eigenvalue weighted by molar-refractivity contribution is 7.99. The molecular weight excluding hydrogens is 346 g/mol. The molecule has 1 amide bonds. The molecule has 4 rings (SSSR count). The van der Waals surface area contributed by atoms with Crippen LogP contribution in [0.3, 0.4) is 0 Å². The first-order chi connectivity index (χ1) is 12.8. The van der Waals surface area contributed by atoms with Gasteiger partial charge in [-0.15, -0.1) is 22.0 Å². The van der Waals surface area contributed by atoms with E-state index in [1.165, 1.54) is 10.5 Å². The van der Waals surface area contributed by atoms with Crippen molar-refractivity contribution >= 4 is 17.7 Å². The van der Waals surface area contributed by atoms with Crippen molar-refractivity contribution in [2.24, 2.45) is 0 Å². The monoisotopic (exact) mass is 365 g/mol. The molecule has 1 aliphatic rings. The van der Waals surface area contributed by atoms with Crippen LogP contribution in [0.2, 0.25) is 0 Å². The van der Waals surface area contributed by atoms with Gasteiger partial charge in [-0.1, -0.05) is 36.4 Å². The number of fused-ring (bicyclic) bond motifs is 1. The van der Waals surface area contributed by atoms with Gasteiger partial charge in [-0.05, 0) is 30.2 Å². The molecule has 132 valence electrons. The number of benzene rings is 2. The van der Waals surface area contributed by atoms with Crippen LogP contribution < -0.4 is 5.32 Å². The van der Waals surface area contributed by atoms with Crippen molar-refractivity contribution < 1.29 is 9.21 Å². The SMILES string of the molecule is O=C(CCc1nnc(-c2ccccc2)o1)NC1CCSc2ccccc21. The van der Waals surface area contributed by atoms with E-state index < -0.39 is 0 Å². The van der Waals surface area contributed by atoms with Gasteiger partial charge in [0.25, 0.3) is 0 Å². The molecule has 1 aromatic heterocycles. The van der Waals surface area contributed by atoms with Crippen molar-refractivity contribution in [1.29, 1.82) is 0 Å². The summed E-state index contributed by atoms with van der Waals surface area (Å²) >= 11 is 1.85. The van der Waals surface area contributed by atoms with E-state index in [1.807, 2.05) is 54.2 Å². The maximum absolute atomic E-state index is 12.4. The zero-order valence-corrected chi connectivity index (χ0v) is 15.0. The highest BCUT2D eigenvalue weighted by Gasteiger charge is 2.22. The number of thioether (sulfide) groups is 1. The first kappa shape index (κ1) is 16.8. The molecule has 3 aromatic rings. The number of hydrogen-bond donors (Lipinski definition) is 1. The molecule has 0 fully saturated rings. The summed E-state index contributed by atoms with van der Waals surface area (Å²) in [5, 5.41) is 11.2. The van der Waals surface area contributed by atoms with E-state index in [9.17, 15) is 4.79 Å². The molecule has 5 nitrogen and oxygen atoms in total. The van der Waals surface area contributed by atoms with Gasteiger partial charge in [-0.3, -0.25) is 4.79 Å². The number of rotatable bonds is 5. The summed E-state index contributed by atoms with van der Waals surface area (Å²) in [5.74, 6) is 2.00. The Labute approximate surface area is 156 Å². The highest BCUT2D eigenvalue weighted by Crippen LogP contribution is 2.35. The molecule has 26 heavy (non-hydrogen) atoms. The van der Waals surface area contributed by atoms with Gasteiger partial charge in [-0.25, -0.2) is 0 Å². The summed E-state index contributed by atoms with van der Waals surface area (Å²) in [4.78, 5) is 13.6. The number of carbonyl (C=O) groups excluding carboxylic acids is 1. The molecule has 1 unspecified atom stereocenters. The summed E-state index contributed by atoms with van der Waals surface area (Å²) in [6.07, 6.45) is 1.73. The predicted molar refractivity (Wildman–Crippen MR) is 101 cm³/mol. The van der Waals surface area contributed by atoms with Gasteiger partial charge >= 0.3 is 0 Å². The van der Waals surface area contributed by atoms with Crippen LogP contribution in [0, 0.1) is 0 Å². The number of carbonyl (C=O) groups is 1. The van der Waals surface area contributed by atoms with Crippen LogP contribution in [0.15, 0.2) is 63.9 Å². The second kappa shape index (κ2) is 7.74. The normalized spacial score (nSPS) is 16.1. The molecule has 2 heterocycles. The Morgan fingerprint density at radius 1 is 1.12 bits per heavy atom. The first-order valence-electron chi connectivity index (χ1n) is 8.68. The van der Waals surface area contributed by atoms with Crippen LogP contribution in [0.5, 0.6) is 0 Å². The lowest BCUT2D eigenvalue weighted by molar-refractivity contribution is -0.121. The minimum absolute atomic E-state index is 0.0103. The summed E-state index contributed by atoms with van der Waals surface area (Å²) in [5.41, 5.74) is 2.09. The lowest BCUT2D eigenvalue weighted by Gasteiger charge is -2.25. The average Bonchev–Trinajstić information content (AvgIpc) is 3.17. The molecule has 0 aliphatic carbocycles. The lowest BCUT2D eigenvalue weighted by atomic mass is 10.0. The van der Waals surface area contributed by atoms with E-state index in [2.05, 4.69) is 27.6 Å². The highest BCUT2D eigenvalue weighted by atomic mass is 32.2. The Hall–Kier alpha value is -2.60. The summed E-state index contributed by atoms with van der Waals surface area (Å²) in [7, 11) is 0. The smallest absolute Gasteiger partial charge is 0.247 e. The summed E-state index contributed by atoms with van der Waals surface area (Å²) < 4.78 is 5.66. The van der Waals surface area contributed by atoms with Crippen LogP contribution in [0.4, 0.5) is 0 Å². The largest absolute Gasteiger partial charge is 0.421 e. The second-order valence-corrected chi connectivity index (χ2v) is 7.30. The molecule has 0 spiro atoms. The van der Waals surface area contributed by atoms with E-state index in [0.717, 1.165) is 17.7 Å². The van der Waals surface area contributed by atoms with Gasteiger partial charge in [0.1, 0.15) is 0 Å². The molecule has 0 saturated carbocycles. The van der Waals surface area contributed by atoms with Crippen molar-refractivity contribution in [2.75, 3.05) is 5.75 Å². The Bertz CT molecular complexity index is 895. The Morgan fingerprint density at radius 2 is 1.92 bits per heavy atom. The average molecular weight is 365 g/mol. The molecule has 0 saturated heterocycles. The van der Waals surface area contributed by atoms with E-state index in [1.54, 1.807) is 0 Å². The Morgan fingerprint density at radius 3 is 2.81 bits per heavy atom. The van der Waals surface area contributed by atoms with Gasteiger partial charge < -0.3 is 9.73 Å². The molecule has 6 heteroatoms. The van der Waals surface area contributed by atoms with Crippen LogP contribution in [-0.2, 0) is 11.2 Å². The van der Waals surface area contributed by atoms with Crippen molar-refractivity contribution in [3.8, 4) is 11.5 Å². The van der Waals surface area contributed by atoms with Crippen molar-refractivity contribution in [3.63, 3.8) is 0 Å². The summed E-state index contributed by atoms with van der Waals surface area (Å²) in [6.45, 7) is 0. The number of nitrogens with one attached hydrogen (secondary N) is 1. The zero-order valence-electron chi connectivity index (χ0n) is 14.2. The fourth-order valence-corrected chi connectivity index (χ4v) is 4.16. The molecular formula is C20H19N3O2S. The minimum atomic E-state index is 0.0103. The van der Waals surface area contributed by atoms with Crippen molar-refractivity contribution in [3.05, 3.63) is 66.1 Å². The number of aromatic nitrogens is 2. The number of nitrogens with zero attached hydrogens (tertiary/aromatic N) is 2. The van der Waals surface area contributed by atoms with Crippen molar-refractivity contribution in [1.82, 2.24) is 15.5 Å². The third-order valence-electron chi connectivity index (χ3n) is 4.35. The molecule has 1 atom stereocenters. The van der Waals surface area contributed by atoms with Crippen LogP contribution in [-0.4, -0.2) is 21.9 Å². The quantitative estimate of drug-likeness (QED) is 0.739. The van der Waals surface area contributed by atoms with Gasteiger partial charge in [0, 0.05) is 29.1 Å². The van der Waals surface area contributed by atoms with E-state index >= 15 is 0 Å². The van der Waals surface area contributed by atoms with Gasteiger partial charge in [0.15, 0.2) is 0 Å². The molecule has 0 bridgehead atoms. The second-order valence-electron chi connectivity index (χ2n) is 6.16. The standard InChI is InChI=1S/C20H19N3O2S/c24-18(21-16-12-13-26-17-9-5-4-8-15(16)17)10-11-19-22-23-20(25-19)14-6-2-1-3-7-14/h1-9,16H,10-13H2,(H,21,24). The lowest BCUT2D eigenvalue weighted by Crippen LogP contribution is -2.30.